The van der Waals surface area contributed by atoms with E-state index in [9.17, 15) is 5.11 Å². The number of hydrogen-bond acceptors (Lipinski definition) is 3. The number of rotatable bonds is 2. The van der Waals surface area contributed by atoms with Gasteiger partial charge in [-0.3, -0.25) is 0 Å². The summed E-state index contributed by atoms with van der Waals surface area (Å²) >= 11 is 3.41. The van der Waals surface area contributed by atoms with Crippen LogP contribution in [0.1, 0.15) is 12.5 Å². The van der Waals surface area contributed by atoms with Crippen molar-refractivity contribution >= 4 is 21.6 Å². The zero-order chi connectivity index (χ0) is 11.7. The Morgan fingerprint density at radius 1 is 1.38 bits per heavy atom. The van der Waals surface area contributed by atoms with Crippen LogP contribution in [0.4, 0.5) is 0 Å². The summed E-state index contributed by atoms with van der Waals surface area (Å²) in [5.41, 5.74) is 2.17. The maximum absolute atomic E-state index is 9.59. The fourth-order valence-corrected chi connectivity index (χ4v) is 2.09. The van der Waals surface area contributed by atoms with Crippen molar-refractivity contribution in [1.82, 2.24) is 10.2 Å². The summed E-state index contributed by atoms with van der Waals surface area (Å²) < 4.78 is 1.07. The smallest absolute Gasteiger partial charge is 0.125 e. The van der Waals surface area contributed by atoms with Crippen molar-refractivity contribution in [2.75, 3.05) is 7.05 Å². The van der Waals surface area contributed by atoms with E-state index in [1.165, 1.54) is 0 Å². The number of nitrogens with one attached hydrogen (secondary N) is 1. The molecule has 1 aromatic rings. The fourth-order valence-electron chi connectivity index (χ4n) is 1.83. The number of halogens is 1. The molecular weight excluding hydrogens is 268 g/mol. The van der Waals surface area contributed by atoms with Crippen LogP contribution in [-0.4, -0.2) is 29.3 Å². The average molecular weight is 283 g/mol. The summed E-state index contributed by atoms with van der Waals surface area (Å²) in [6, 6.07) is 8.10. The molecule has 0 spiro atoms. The molecule has 0 saturated carbocycles. The van der Waals surface area contributed by atoms with Crippen molar-refractivity contribution in [1.29, 1.82) is 0 Å². The van der Waals surface area contributed by atoms with Gasteiger partial charge in [-0.2, -0.15) is 0 Å². The van der Waals surface area contributed by atoms with Gasteiger partial charge >= 0.3 is 0 Å². The summed E-state index contributed by atoms with van der Waals surface area (Å²) in [7, 11) is 1.95. The van der Waals surface area contributed by atoms with Crippen LogP contribution >= 0.6 is 15.9 Å². The van der Waals surface area contributed by atoms with Crippen molar-refractivity contribution < 1.29 is 5.11 Å². The lowest BCUT2D eigenvalue weighted by atomic mass is 10.2. The van der Waals surface area contributed by atoms with Crippen LogP contribution < -0.4 is 5.32 Å². The van der Waals surface area contributed by atoms with E-state index in [1.54, 1.807) is 6.92 Å². The molecule has 2 N–H and O–H groups in total. The van der Waals surface area contributed by atoms with E-state index in [-0.39, 0.29) is 6.17 Å². The molecule has 0 aromatic heterocycles. The van der Waals surface area contributed by atoms with Gasteiger partial charge in [0.1, 0.15) is 6.17 Å². The predicted octanol–water partition coefficient (Wildman–Crippen LogP) is 1.99. The lowest BCUT2D eigenvalue weighted by molar-refractivity contribution is 0.0990. The van der Waals surface area contributed by atoms with E-state index in [4.69, 9.17) is 0 Å². The maximum Gasteiger partial charge on any atom is 0.125 e. The average Bonchev–Trinajstić information content (AvgIpc) is 2.61. The highest BCUT2D eigenvalue weighted by molar-refractivity contribution is 9.10. The Morgan fingerprint density at radius 2 is 2.00 bits per heavy atom. The molecule has 0 fully saturated rings. The van der Waals surface area contributed by atoms with Gasteiger partial charge in [-0.25, -0.2) is 0 Å². The second-order valence-corrected chi connectivity index (χ2v) is 4.96. The van der Waals surface area contributed by atoms with Crippen LogP contribution in [-0.2, 0) is 0 Å². The van der Waals surface area contributed by atoms with E-state index in [0.29, 0.717) is 0 Å². The second kappa shape index (κ2) is 4.47. The van der Waals surface area contributed by atoms with Crippen molar-refractivity contribution in [3.8, 4) is 0 Å². The minimum Gasteiger partial charge on any atom is -0.389 e. The van der Waals surface area contributed by atoms with Gasteiger partial charge in [-0.1, -0.05) is 28.1 Å². The summed E-state index contributed by atoms with van der Waals surface area (Å²) in [5.74, 6) is 0. The van der Waals surface area contributed by atoms with Crippen molar-refractivity contribution in [2.24, 2.45) is 0 Å². The van der Waals surface area contributed by atoms with Gasteiger partial charge in [0.2, 0.25) is 0 Å². The molecule has 0 bridgehead atoms. The topological polar surface area (TPSA) is 35.5 Å². The van der Waals surface area contributed by atoms with Crippen LogP contribution in [0.2, 0.25) is 0 Å². The third-order valence-electron chi connectivity index (χ3n) is 2.69. The SMILES string of the molecule is CC(O)C1NC(c2ccc(Br)cc2)=CN1C. The molecule has 2 unspecified atom stereocenters. The monoisotopic (exact) mass is 282 g/mol. The molecule has 0 amide bonds. The van der Waals surface area contributed by atoms with Crippen LogP contribution in [0.15, 0.2) is 34.9 Å². The molecule has 2 rings (SSSR count). The number of aliphatic hydroxyl groups excluding tert-OH is 1. The van der Waals surface area contributed by atoms with E-state index >= 15 is 0 Å². The molecule has 16 heavy (non-hydrogen) atoms. The Labute approximate surface area is 104 Å². The molecule has 0 radical (unpaired) electrons. The van der Waals surface area contributed by atoms with Gasteiger partial charge in [0.25, 0.3) is 0 Å². The van der Waals surface area contributed by atoms with Gasteiger partial charge in [-0.05, 0) is 24.6 Å². The predicted molar refractivity (Wildman–Crippen MR) is 68.5 cm³/mol. The Morgan fingerprint density at radius 3 is 2.50 bits per heavy atom. The quantitative estimate of drug-likeness (QED) is 0.871. The standard InChI is InChI=1S/C12H15BrN2O/c1-8(16)12-14-11(7-15(12)2)9-3-5-10(13)6-4-9/h3-8,12,14,16H,1-2H3. The summed E-state index contributed by atoms with van der Waals surface area (Å²) in [4.78, 5) is 1.99. The Balaban J connectivity index is 2.18. The van der Waals surface area contributed by atoms with Crippen LogP contribution in [0, 0.1) is 0 Å². The molecule has 0 saturated heterocycles. The summed E-state index contributed by atoms with van der Waals surface area (Å²) in [6.07, 6.45) is 1.56. The van der Waals surface area contributed by atoms with Gasteiger partial charge in [-0.15, -0.1) is 0 Å². The first-order chi connectivity index (χ1) is 7.58. The third-order valence-corrected chi connectivity index (χ3v) is 3.22. The normalized spacial score (nSPS) is 21.6. The second-order valence-electron chi connectivity index (χ2n) is 4.04. The molecule has 1 heterocycles. The highest BCUT2D eigenvalue weighted by Crippen LogP contribution is 2.22. The largest absolute Gasteiger partial charge is 0.389 e. The summed E-state index contributed by atoms with van der Waals surface area (Å²) in [5, 5.41) is 12.9. The first-order valence-electron chi connectivity index (χ1n) is 5.22. The van der Waals surface area contributed by atoms with Crippen LogP contribution in [0.5, 0.6) is 0 Å². The molecule has 4 heteroatoms. The molecule has 2 atom stereocenters. The zero-order valence-corrected chi connectivity index (χ0v) is 10.9. The molecule has 0 aliphatic carbocycles. The Hall–Kier alpha value is -1.00. The molecular formula is C12H15BrN2O. The Kier molecular flexibility index (Phi) is 3.21. The molecule has 86 valence electrons. The van der Waals surface area contributed by atoms with E-state index in [1.807, 2.05) is 42.4 Å². The van der Waals surface area contributed by atoms with Crippen LogP contribution in [0.25, 0.3) is 5.70 Å². The van der Waals surface area contributed by atoms with Gasteiger partial charge < -0.3 is 15.3 Å². The Bertz CT molecular complexity index is 400. The van der Waals surface area contributed by atoms with Gasteiger partial charge in [0, 0.05) is 17.7 Å². The van der Waals surface area contributed by atoms with Crippen molar-refractivity contribution in [3.63, 3.8) is 0 Å². The highest BCUT2D eigenvalue weighted by Gasteiger charge is 2.25. The minimum absolute atomic E-state index is 0.0429. The lowest BCUT2D eigenvalue weighted by Crippen LogP contribution is -2.42. The fraction of sp³-hybridized carbons (Fsp3) is 0.333. The van der Waals surface area contributed by atoms with Crippen molar-refractivity contribution in [3.05, 3.63) is 40.5 Å². The number of aliphatic hydroxyl groups is 1. The third kappa shape index (κ3) is 2.23. The van der Waals surface area contributed by atoms with E-state index in [2.05, 4.69) is 21.2 Å². The van der Waals surface area contributed by atoms with Gasteiger partial charge in [0.15, 0.2) is 0 Å². The first kappa shape index (κ1) is 11.5. The minimum atomic E-state index is -0.408. The zero-order valence-electron chi connectivity index (χ0n) is 9.31. The molecule has 1 aliphatic rings. The number of nitrogens with zero attached hydrogens (tertiary/aromatic N) is 1. The molecule has 1 aromatic carbocycles. The molecule has 1 aliphatic heterocycles. The number of benzene rings is 1. The van der Waals surface area contributed by atoms with Crippen LogP contribution in [0.3, 0.4) is 0 Å². The lowest BCUT2D eigenvalue weighted by Gasteiger charge is -2.23. The van der Waals surface area contributed by atoms with Gasteiger partial charge in [0.05, 0.1) is 11.8 Å². The maximum atomic E-state index is 9.59. The highest BCUT2D eigenvalue weighted by atomic mass is 79.9. The van der Waals surface area contributed by atoms with Crippen molar-refractivity contribution in [2.45, 2.75) is 19.2 Å². The number of hydrogen-bond donors (Lipinski definition) is 2. The molecule has 3 nitrogen and oxygen atoms in total. The van der Waals surface area contributed by atoms with E-state index < -0.39 is 6.10 Å². The number of likely N-dealkylation sites (N-methyl/N-ethyl adjacent to an activating group) is 1. The summed E-state index contributed by atoms with van der Waals surface area (Å²) in [6.45, 7) is 1.78. The van der Waals surface area contributed by atoms with E-state index in [0.717, 1.165) is 15.7 Å². The first-order valence-corrected chi connectivity index (χ1v) is 6.01.